The zero-order chi connectivity index (χ0) is 17.8. The van der Waals surface area contributed by atoms with Crippen LogP contribution in [0.2, 0.25) is 0 Å². The highest BCUT2D eigenvalue weighted by molar-refractivity contribution is 5.82. The van der Waals surface area contributed by atoms with Gasteiger partial charge >= 0.3 is 0 Å². The minimum absolute atomic E-state index is 0.187. The smallest absolute Gasteiger partial charge is 0.290 e. The summed E-state index contributed by atoms with van der Waals surface area (Å²) in [5.41, 5.74) is 4.00. The fourth-order valence-corrected chi connectivity index (χ4v) is 3.26. The molecule has 25 heavy (non-hydrogen) atoms. The molecule has 130 valence electrons. The highest BCUT2D eigenvalue weighted by Crippen LogP contribution is 2.26. The lowest BCUT2D eigenvalue weighted by atomic mass is 9.85. The van der Waals surface area contributed by atoms with Crippen molar-refractivity contribution in [2.24, 2.45) is 5.92 Å². The molecule has 5 heteroatoms. The number of hydrogen-bond donors (Lipinski definition) is 2. The van der Waals surface area contributed by atoms with E-state index in [1.807, 2.05) is 6.07 Å². The standard InChI is InChI=1S/C20H24N4O/c1-13-9-14(2)18-16(10-13)11-17(12-21)19(24-18)22-7-4-8-23-20(25)15-5-3-6-15/h9-11,15H,3-8H2,1-2H3,(H,22,24)(H,23,25)/p+1. The van der Waals surface area contributed by atoms with Crippen LogP contribution < -0.4 is 15.6 Å². The van der Waals surface area contributed by atoms with E-state index in [0.717, 1.165) is 41.5 Å². The molecular weight excluding hydrogens is 312 g/mol. The molecule has 3 N–H and O–H groups in total. The van der Waals surface area contributed by atoms with Crippen molar-refractivity contribution in [2.45, 2.75) is 39.5 Å². The summed E-state index contributed by atoms with van der Waals surface area (Å²) in [5.74, 6) is 1.16. The van der Waals surface area contributed by atoms with Crippen LogP contribution in [0.15, 0.2) is 18.2 Å². The number of benzene rings is 1. The molecule has 0 radical (unpaired) electrons. The van der Waals surface area contributed by atoms with Crippen LogP contribution in [0.1, 0.15) is 42.4 Å². The molecule has 0 spiro atoms. The molecule has 1 aliphatic rings. The Bertz CT molecular complexity index is 834. The lowest BCUT2D eigenvalue weighted by Gasteiger charge is -2.23. The van der Waals surface area contributed by atoms with Gasteiger partial charge < -0.3 is 5.32 Å². The van der Waals surface area contributed by atoms with Crippen molar-refractivity contribution in [1.29, 1.82) is 5.26 Å². The number of aromatic nitrogens is 1. The molecule has 1 heterocycles. The number of nitrogens with zero attached hydrogens (tertiary/aromatic N) is 1. The van der Waals surface area contributed by atoms with Gasteiger partial charge in [-0.2, -0.15) is 5.26 Å². The third-order valence-electron chi connectivity index (χ3n) is 4.88. The Balaban J connectivity index is 1.60. The number of pyridine rings is 1. The number of carbonyl (C=O) groups is 1. The van der Waals surface area contributed by atoms with E-state index in [-0.39, 0.29) is 11.8 Å². The number of nitriles is 1. The molecule has 1 fully saturated rings. The lowest BCUT2D eigenvalue weighted by molar-refractivity contribution is -0.328. The number of hydrogen-bond acceptors (Lipinski definition) is 3. The zero-order valence-electron chi connectivity index (χ0n) is 14.9. The van der Waals surface area contributed by atoms with Crippen LogP contribution in [0, 0.1) is 31.1 Å². The van der Waals surface area contributed by atoms with Crippen LogP contribution in [0.5, 0.6) is 0 Å². The van der Waals surface area contributed by atoms with Crippen LogP contribution in [0.3, 0.4) is 0 Å². The zero-order valence-corrected chi connectivity index (χ0v) is 14.9. The fourth-order valence-electron chi connectivity index (χ4n) is 3.26. The predicted octanol–water partition coefficient (Wildman–Crippen LogP) is 2.86. The first-order valence-electron chi connectivity index (χ1n) is 8.97. The number of rotatable bonds is 6. The van der Waals surface area contributed by atoms with Gasteiger partial charge in [0, 0.05) is 24.3 Å². The number of nitrogens with one attached hydrogen (secondary N) is 3. The van der Waals surface area contributed by atoms with Gasteiger partial charge in [-0.3, -0.25) is 10.1 Å². The predicted molar refractivity (Wildman–Crippen MR) is 98.2 cm³/mol. The Kier molecular flexibility index (Phi) is 5.18. The molecule has 1 aliphatic carbocycles. The van der Waals surface area contributed by atoms with Crippen molar-refractivity contribution in [2.75, 3.05) is 18.4 Å². The van der Waals surface area contributed by atoms with Crippen molar-refractivity contribution in [3.8, 4) is 6.07 Å². The number of aryl methyl sites for hydroxylation is 2. The molecule has 1 aromatic heterocycles. The molecule has 2 aromatic rings. The summed E-state index contributed by atoms with van der Waals surface area (Å²) in [5, 5.41) is 16.8. The Labute approximate surface area is 148 Å². The molecule has 0 bridgehead atoms. The third kappa shape index (κ3) is 3.90. The topological polar surface area (TPSA) is 79.1 Å². The minimum atomic E-state index is 0.187. The second-order valence-corrected chi connectivity index (χ2v) is 6.92. The first-order valence-corrected chi connectivity index (χ1v) is 8.97. The highest BCUT2D eigenvalue weighted by Gasteiger charge is 2.24. The molecule has 1 amide bonds. The van der Waals surface area contributed by atoms with E-state index < -0.39 is 0 Å². The van der Waals surface area contributed by atoms with Crippen molar-refractivity contribution >= 4 is 22.6 Å². The summed E-state index contributed by atoms with van der Waals surface area (Å²) < 4.78 is 0. The number of anilines is 1. The van der Waals surface area contributed by atoms with Crippen molar-refractivity contribution in [3.63, 3.8) is 0 Å². The maximum atomic E-state index is 11.8. The fraction of sp³-hybridized carbons (Fsp3) is 0.450. The SMILES string of the molecule is Cc1cc(C)c2[nH+]c(NCCCNC(=O)C3CCC3)c(C#N)cc2c1. The average Bonchev–Trinajstić information content (AvgIpc) is 2.52. The van der Waals surface area contributed by atoms with Gasteiger partial charge in [-0.25, -0.2) is 4.98 Å². The van der Waals surface area contributed by atoms with E-state index in [4.69, 9.17) is 0 Å². The molecule has 5 nitrogen and oxygen atoms in total. The van der Waals surface area contributed by atoms with Crippen LogP contribution in [0.4, 0.5) is 5.82 Å². The number of fused-ring (bicyclic) bond motifs is 1. The normalized spacial score (nSPS) is 14.0. The number of carbonyl (C=O) groups excluding carboxylic acids is 1. The first kappa shape index (κ1) is 17.2. The average molecular weight is 337 g/mol. The summed E-state index contributed by atoms with van der Waals surface area (Å²) >= 11 is 0. The maximum Gasteiger partial charge on any atom is 0.290 e. The number of H-pyrrole nitrogens is 1. The molecule has 0 atom stereocenters. The summed E-state index contributed by atoms with van der Waals surface area (Å²) in [4.78, 5) is 15.1. The van der Waals surface area contributed by atoms with Crippen molar-refractivity contribution in [1.82, 2.24) is 5.32 Å². The molecule has 3 rings (SSSR count). The van der Waals surface area contributed by atoms with Gasteiger partial charge in [0.2, 0.25) is 5.91 Å². The Morgan fingerprint density at radius 3 is 2.76 bits per heavy atom. The summed E-state index contributed by atoms with van der Waals surface area (Å²) in [6.45, 7) is 5.49. The van der Waals surface area contributed by atoms with Gasteiger partial charge in [0.25, 0.3) is 5.82 Å². The molecule has 1 aromatic carbocycles. The highest BCUT2D eigenvalue weighted by atomic mass is 16.1. The van der Waals surface area contributed by atoms with Gasteiger partial charge in [0.1, 0.15) is 17.1 Å². The number of aromatic amines is 1. The van der Waals surface area contributed by atoms with Gasteiger partial charge in [0.05, 0.1) is 6.54 Å². The van der Waals surface area contributed by atoms with Crippen LogP contribution in [-0.4, -0.2) is 19.0 Å². The van der Waals surface area contributed by atoms with Crippen molar-refractivity contribution < 1.29 is 9.78 Å². The molecule has 0 saturated heterocycles. The Hall–Kier alpha value is -2.61. The van der Waals surface area contributed by atoms with Crippen LogP contribution in [-0.2, 0) is 4.79 Å². The molecule has 1 saturated carbocycles. The third-order valence-corrected chi connectivity index (χ3v) is 4.88. The lowest BCUT2D eigenvalue weighted by Crippen LogP contribution is -2.35. The second-order valence-electron chi connectivity index (χ2n) is 6.92. The van der Waals surface area contributed by atoms with Gasteiger partial charge in [-0.1, -0.05) is 12.5 Å². The monoisotopic (exact) mass is 337 g/mol. The molecular formula is C20H25N4O+. The van der Waals surface area contributed by atoms with E-state index in [9.17, 15) is 10.1 Å². The quantitative estimate of drug-likeness (QED) is 0.796. The van der Waals surface area contributed by atoms with Gasteiger partial charge in [-0.05, 0) is 49.9 Å². The van der Waals surface area contributed by atoms with Gasteiger partial charge in [-0.15, -0.1) is 0 Å². The molecule has 0 unspecified atom stereocenters. The summed E-state index contributed by atoms with van der Waals surface area (Å²) in [6.07, 6.45) is 4.05. The van der Waals surface area contributed by atoms with E-state index in [0.29, 0.717) is 18.7 Å². The summed E-state index contributed by atoms with van der Waals surface area (Å²) in [6, 6.07) is 8.39. The Morgan fingerprint density at radius 2 is 2.08 bits per heavy atom. The van der Waals surface area contributed by atoms with Crippen molar-refractivity contribution in [3.05, 3.63) is 34.9 Å². The van der Waals surface area contributed by atoms with E-state index in [1.54, 1.807) is 0 Å². The largest absolute Gasteiger partial charge is 0.356 e. The van der Waals surface area contributed by atoms with E-state index in [1.165, 1.54) is 12.0 Å². The van der Waals surface area contributed by atoms with E-state index in [2.05, 4.69) is 47.7 Å². The summed E-state index contributed by atoms with van der Waals surface area (Å²) in [7, 11) is 0. The Morgan fingerprint density at radius 1 is 1.28 bits per heavy atom. The van der Waals surface area contributed by atoms with Gasteiger partial charge in [0.15, 0.2) is 0 Å². The number of amides is 1. The maximum absolute atomic E-state index is 11.8. The molecule has 0 aliphatic heterocycles. The van der Waals surface area contributed by atoms with Crippen LogP contribution in [0.25, 0.3) is 10.9 Å². The first-order chi connectivity index (χ1) is 12.1. The second kappa shape index (κ2) is 7.52. The van der Waals surface area contributed by atoms with E-state index >= 15 is 0 Å². The van der Waals surface area contributed by atoms with Crippen LogP contribution >= 0.6 is 0 Å². The minimum Gasteiger partial charge on any atom is -0.356 e.